The molecule has 0 spiro atoms. The summed E-state index contributed by atoms with van der Waals surface area (Å²) in [6.45, 7) is 0. The molecule has 0 aromatic heterocycles. The van der Waals surface area contributed by atoms with E-state index in [2.05, 4.69) is 0 Å². The summed E-state index contributed by atoms with van der Waals surface area (Å²) in [4.78, 5) is 24.3. The highest BCUT2D eigenvalue weighted by atomic mass is 16.5. The lowest BCUT2D eigenvalue weighted by molar-refractivity contribution is -0.00618. The number of carbonyl (C=O) groups excluding carboxylic acids is 1. The number of carboxylic acids is 1. The fraction of sp³-hybridized carbons (Fsp3) is 0.440. The number of carbonyl (C=O) groups is 2. The summed E-state index contributed by atoms with van der Waals surface area (Å²) >= 11 is 0. The third kappa shape index (κ3) is 3.17. The zero-order valence-electron chi connectivity index (χ0n) is 17.1. The van der Waals surface area contributed by atoms with Crippen molar-refractivity contribution in [2.75, 3.05) is 7.11 Å². The molecule has 0 unspecified atom stereocenters. The van der Waals surface area contributed by atoms with Crippen molar-refractivity contribution < 1.29 is 24.2 Å². The van der Waals surface area contributed by atoms with Gasteiger partial charge in [0.2, 0.25) is 0 Å². The van der Waals surface area contributed by atoms with Crippen LogP contribution in [0, 0.1) is 17.8 Å². The maximum atomic E-state index is 12.9. The van der Waals surface area contributed by atoms with Gasteiger partial charge >= 0.3 is 11.9 Å². The predicted octanol–water partition coefficient (Wildman–Crippen LogP) is 5.08. The van der Waals surface area contributed by atoms with Gasteiger partial charge in [0.15, 0.2) is 0 Å². The largest absolute Gasteiger partial charge is 0.496 e. The Kier molecular flexibility index (Phi) is 4.57. The Labute approximate surface area is 176 Å². The normalized spacial score (nSPS) is 28.9. The molecule has 4 aliphatic rings. The van der Waals surface area contributed by atoms with Gasteiger partial charge in [-0.05, 0) is 92.0 Å². The summed E-state index contributed by atoms with van der Waals surface area (Å²) in [5, 5.41) is 9.35. The maximum Gasteiger partial charge on any atom is 0.343 e. The van der Waals surface area contributed by atoms with E-state index in [9.17, 15) is 14.7 Å². The summed E-state index contributed by atoms with van der Waals surface area (Å²) in [5.41, 5.74) is 1.60. The summed E-state index contributed by atoms with van der Waals surface area (Å²) < 4.78 is 11.2. The molecule has 0 aliphatic heterocycles. The topological polar surface area (TPSA) is 72.8 Å². The summed E-state index contributed by atoms with van der Waals surface area (Å²) in [7, 11) is 1.68. The molecule has 5 heteroatoms. The van der Waals surface area contributed by atoms with E-state index in [0.29, 0.717) is 5.56 Å². The average molecular weight is 406 g/mol. The van der Waals surface area contributed by atoms with E-state index in [1.807, 2.05) is 12.1 Å². The van der Waals surface area contributed by atoms with Crippen molar-refractivity contribution in [1.29, 1.82) is 0 Å². The molecule has 156 valence electrons. The highest BCUT2D eigenvalue weighted by Crippen LogP contribution is 2.61. The highest BCUT2D eigenvalue weighted by Gasteiger charge is 2.52. The predicted molar refractivity (Wildman–Crippen MR) is 111 cm³/mol. The number of aromatic carboxylic acids is 1. The van der Waals surface area contributed by atoms with E-state index in [0.717, 1.165) is 48.3 Å². The standard InChI is InChI=1S/C25H26O5/c1-29-22-7-6-18(24(28)30-21-5-3-2-4-19(21)23(26)27)11-20(22)25-12-15-8-16(13-25)10-17(9-15)14-25/h2-7,11,15-17H,8-10,12-14H2,1H3,(H,26,27). The quantitative estimate of drug-likeness (QED) is 0.554. The number of carboxylic acid groups (broad SMARTS) is 1. The summed E-state index contributed by atoms with van der Waals surface area (Å²) in [5.74, 6) is 1.55. The first-order valence-corrected chi connectivity index (χ1v) is 10.7. The lowest BCUT2D eigenvalue weighted by Gasteiger charge is -2.57. The van der Waals surface area contributed by atoms with Crippen molar-refractivity contribution in [1.82, 2.24) is 0 Å². The van der Waals surface area contributed by atoms with Crippen molar-refractivity contribution in [3.63, 3.8) is 0 Å². The van der Waals surface area contributed by atoms with E-state index >= 15 is 0 Å². The molecule has 2 aromatic rings. The van der Waals surface area contributed by atoms with Gasteiger partial charge in [-0.2, -0.15) is 0 Å². The molecule has 1 N–H and O–H groups in total. The monoisotopic (exact) mass is 406 g/mol. The van der Waals surface area contributed by atoms with Crippen molar-refractivity contribution in [2.45, 2.75) is 43.9 Å². The first kappa shape index (κ1) is 19.2. The Balaban J connectivity index is 1.48. The first-order chi connectivity index (χ1) is 14.5. The molecule has 4 fully saturated rings. The first-order valence-electron chi connectivity index (χ1n) is 10.7. The van der Waals surface area contributed by atoms with Gasteiger partial charge in [0, 0.05) is 5.56 Å². The molecule has 30 heavy (non-hydrogen) atoms. The minimum atomic E-state index is -1.12. The SMILES string of the molecule is COc1ccc(C(=O)Oc2ccccc2C(=O)O)cc1C12CC3CC(CC(C3)C1)C2. The molecule has 0 heterocycles. The second-order valence-corrected chi connectivity index (χ2v) is 9.30. The van der Waals surface area contributed by atoms with Crippen LogP contribution in [-0.2, 0) is 5.41 Å². The Morgan fingerprint density at radius 3 is 2.17 bits per heavy atom. The lowest BCUT2D eigenvalue weighted by atomic mass is 9.48. The molecule has 2 aromatic carbocycles. The number of para-hydroxylation sites is 1. The van der Waals surface area contributed by atoms with Crippen LogP contribution < -0.4 is 9.47 Å². The van der Waals surface area contributed by atoms with Crippen LogP contribution in [-0.4, -0.2) is 24.2 Å². The number of hydrogen-bond donors (Lipinski definition) is 1. The second-order valence-electron chi connectivity index (χ2n) is 9.30. The van der Waals surface area contributed by atoms with Crippen LogP contribution in [0.1, 0.15) is 64.8 Å². The van der Waals surface area contributed by atoms with Crippen LogP contribution in [0.15, 0.2) is 42.5 Å². The number of rotatable bonds is 5. The van der Waals surface area contributed by atoms with Gasteiger partial charge in [0.1, 0.15) is 17.1 Å². The van der Waals surface area contributed by atoms with Crippen molar-refractivity contribution in [3.05, 3.63) is 59.2 Å². The molecule has 0 amide bonds. The van der Waals surface area contributed by atoms with E-state index in [1.54, 1.807) is 25.3 Å². The Morgan fingerprint density at radius 2 is 1.57 bits per heavy atom. The molecular weight excluding hydrogens is 380 g/mol. The Bertz CT molecular complexity index is 973. The van der Waals surface area contributed by atoms with Crippen LogP contribution in [0.5, 0.6) is 11.5 Å². The third-order valence-electron chi connectivity index (χ3n) is 7.36. The number of hydrogen-bond acceptors (Lipinski definition) is 4. The fourth-order valence-corrected chi connectivity index (χ4v) is 6.58. The van der Waals surface area contributed by atoms with Gasteiger partial charge in [-0.1, -0.05) is 12.1 Å². The van der Waals surface area contributed by atoms with Crippen LogP contribution in [0.4, 0.5) is 0 Å². The minimum absolute atomic E-state index is 0.0272. The third-order valence-corrected chi connectivity index (χ3v) is 7.36. The van der Waals surface area contributed by atoms with E-state index in [-0.39, 0.29) is 16.7 Å². The second kappa shape index (κ2) is 7.15. The minimum Gasteiger partial charge on any atom is -0.496 e. The van der Waals surface area contributed by atoms with Crippen molar-refractivity contribution in [3.8, 4) is 11.5 Å². The summed E-state index contributed by atoms with van der Waals surface area (Å²) in [6.07, 6.45) is 7.51. The van der Waals surface area contributed by atoms with Crippen LogP contribution in [0.25, 0.3) is 0 Å². The van der Waals surface area contributed by atoms with Crippen LogP contribution in [0.2, 0.25) is 0 Å². The molecule has 0 radical (unpaired) electrons. The van der Waals surface area contributed by atoms with E-state index in [4.69, 9.17) is 9.47 Å². The van der Waals surface area contributed by atoms with E-state index in [1.165, 1.54) is 31.4 Å². The maximum absolute atomic E-state index is 12.9. The van der Waals surface area contributed by atoms with Gasteiger partial charge in [-0.15, -0.1) is 0 Å². The van der Waals surface area contributed by atoms with E-state index < -0.39 is 11.9 Å². The molecule has 4 bridgehead atoms. The zero-order valence-corrected chi connectivity index (χ0v) is 17.1. The number of ether oxygens (including phenoxy) is 2. The Hall–Kier alpha value is -2.82. The zero-order chi connectivity index (χ0) is 20.9. The van der Waals surface area contributed by atoms with Gasteiger partial charge < -0.3 is 14.6 Å². The molecule has 0 atom stereocenters. The molecule has 5 nitrogen and oxygen atoms in total. The molecule has 6 rings (SSSR count). The number of methoxy groups -OCH3 is 1. The van der Waals surface area contributed by atoms with Gasteiger partial charge in [-0.3, -0.25) is 0 Å². The summed E-state index contributed by atoms with van der Waals surface area (Å²) in [6, 6.07) is 11.7. The molecule has 4 aliphatic carbocycles. The lowest BCUT2D eigenvalue weighted by Crippen LogP contribution is -2.48. The Morgan fingerprint density at radius 1 is 0.933 bits per heavy atom. The smallest absolute Gasteiger partial charge is 0.343 e. The number of benzene rings is 2. The van der Waals surface area contributed by atoms with Crippen LogP contribution >= 0.6 is 0 Å². The molecule has 4 saturated carbocycles. The van der Waals surface area contributed by atoms with Gasteiger partial charge in [0.05, 0.1) is 12.7 Å². The molecular formula is C25H26O5. The van der Waals surface area contributed by atoms with Gasteiger partial charge in [-0.25, -0.2) is 9.59 Å². The average Bonchev–Trinajstić information content (AvgIpc) is 2.72. The van der Waals surface area contributed by atoms with Crippen LogP contribution in [0.3, 0.4) is 0 Å². The fourth-order valence-electron chi connectivity index (χ4n) is 6.58. The highest BCUT2D eigenvalue weighted by molar-refractivity contribution is 5.95. The molecule has 0 saturated heterocycles. The van der Waals surface area contributed by atoms with Gasteiger partial charge in [0.25, 0.3) is 0 Å². The number of esters is 1. The van der Waals surface area contributed by atoms with Crippen molar-refractivity contribution in [2.24, 2.45) is 17.8 Å². The van der Waals surface area contributed by atoms with Crippen molar-refractivity contribution >= 4 is 11.9 Å².